The smallest absolute Gasteiger partial charge is 0.0681 e. The zero-order chi connectivity index (χ0) is 15.1. The third kappa shape index (κ3) is 4.78. The average molecular weight is 292 g/mol. The van der Waals surface area contributed by atoms with Gasteiger partial charge in [0.15, 0.2) is 0 Å². The molecule has 1 aliphatic heterocycles. The molecule has 0 bridgehead atoms. The van der Waals surface area contributed by atoms with Gasteiger partial charge < -0.3 is 15.2 Å². The molecule has 2 unspecified atom stereocenters. The Morgan fingerprint density at radius 1 is 1.48 bits per heavy atom. The van der Waals surface area contributed by atoms with Crippen molar-refractivity contribution >= 4 is 0 Å². The highest BCUT2D eigenvalue weighted by Crippen LogP contribution is 2.18. The first-order valence-electron chi connectivity index (χ1n) is 7.90. The molecule has 1 fully saturated rings. The van der Waals surface area contributed by atoms with E-state index in [2.05, 4.69) is 29.3 Å². The molecule has 1 aromatic carbocycles. The molecular formula is C17H28N2O2. The molecule has 1 aliphatic rings. The lowest BCUT2D eigenvalue weighted by Gasteiger charge is -2.26. The second-order valence-corrected chi connectivity index (χ2v) is 5.86. The van der Waals surface area contributed by atoms with Crippen molar-refractivity contribution in [2.24, 2.45) is 0 Å². The Hall–Kier alpha value is -0.940. The Kier molecular flexibility index (Phi) is 6.64. The summed E-state index contributed by atoms with van der Waals surface area (Å²) in [5.74, 6) is 0. The predicted molar refractivity (Wildman–Crippen MR) is 85.3 cm³/mol. The molecule has 2 atom stereocenters. The van der Waals surface area contributed by atoms with Crippen LogP contribution in [0.15, 0.2) is 24.3 Å². The summed E-state index contributed by atoms with van der Waals surface area (Å²) in [4.78, 5) is 2.52. The fourth-order valence-electron chi connectivity index (χ4n) is 3.02. The summed E-state index contributed by atoms with van der Waals surface area (Å²) in [6.07, 6.45) is 2.55. The summed E-state index contributed by atoms with van der Waals surface area (Å²) < 4.78 is 5.19. The van der Waals surface area contributed by atoms with Gasteiger partial charge in [0.25, 0.3) is 0 Å². The van der Waals surface area contributed by atoms with Crippen LogP contribution in [0.4, 0.5) is 0 Å². The molecule has 1 aromatic rings. The van der Waals surface area contributed by atoms with Crippen molar-refractivity contribution in [3.05, 3.63) is 35.4 Å². The standard InChI is InChI=1S/C17H28N2O2/c1-14(16-6-3-5-15(11-16)13-20)18-12-17-7-4-8-19(17)9-10-21-2/h3,5-6,11,14,17-18,20H,4,7-10,12-13H2,1-2H3. The van der Waals surface area contributed by atoms with Crippen LogP contribution < -0.4 is 5.32 Å². The first-order chi connectivity index (χ1) is 10.2. The lowest BCUT2D eigenvalue weighted by molar-refractivity contribution is 0.139. The minimum Gasteiger partial charge on any atom is -0.392 e. The minimum atomic E-state index is 0.105. The van der Waals surface area contributed by atoms with Crippen molar-refractivity contribution in [2.75, 3.05) is 33.4 Å². The van der Waals surface area contributed by atoms with Crippen LogP contribution >= 0.6 is 0 Å². The normalized spacial score (nSPS) is 20.8. The average Bonchev–Trinajstić information content (AvgIpc) is 2.98. The van der Waals surface area contributed by atoms with E-state index in [1.54, 1.807) is 7.11 Å². The molecule has 0 aromatic heterocycles. The van der Waals surface area contributed by atoms with Gasteiger partial charge in [-0.25, -0.2) is 0 Å². The number of rotatable bonds is 8. The Morgan fingerprint density at radius 2 is 2.33 bits per heavy atom. The molecule has 0 radical (unpaired) electrons. The summed E-state index contributed by atoms with van der Waals surface area (Å²) in [5.41, 5.74) is 2.21. The number of methoxy groups -OCH3 is 1. The van der Waals surface area contributed by atoms with E-state index in [0.29, 0.717) is 12.1 Å². The highest BCUT2D eigenvalue weighted by atomic mass is 16.5. The summed E-state index contributed by atoms with van der Waals surface area (Å²) in [6, 6.07) is 9.09. The van der Waals surface area contributed by atoms with Crippen molar-refractivity contribution in [1.29, 1.82) is 0 Å². The van der Waals surface area contributed by atoms with Crippen LogP contribution in [0.25, 0.3) is 0 Å². The number of nitrogens with one attached hydrogen (secondary N) is 1. The van der Waals surface area contributed by atoms with Gasteiger partial charge in [0.1, 0.15) is 0 Å². The van der Waals surface area contributed by atoms with Crippen LogP contribution in [-0.2, 0) is 11.3 Å². The van der Waals surface area contributed by atoms with E-state index < -0.39 is 0 Å². The van der Waals surface area contributed by atoms with Gasteiger partial charge in [-0.1, -0.05) is 24.3 Å². The van der Waals surface area contributed by atoms with Gasteiger partial charge in [0.2, 0.25) is 0 Å². The Labute approximate surface area is 128 Å². The molecular weight excluding hydrogens is 264 g/mol. The third-order valence-electron chi connectivity index (χ3n) is 4.37. The summed E-state index contributed by atoms with van der Waals surface area (Å²) in [5, 5.41) is 12.9. The number of ether oxygens (including phenoxy) is 1. The lowest BCUT2D eigenvalue weighted by atomic mass is 10.0. The number of benzene rings is 1. The lowest BCUT2D eigenvalue weighted by Crippen LogP contribution is -2.40. The van der Waals surface area contributed by atoms with E-state index in [-0.39, 0.29) is 6.61 Å². The molecule has 1 heterocycles. The quantitative estimate of drug-likeness (QED) is 0.768. The zero-order valence-corrected chi connectivity index (χ0v) is 13.2. The van der Waals surface area contributed by atoms with Crippen LogP contribution in [-0.4, -0.2) is 49.4 Å². The maximum absolute atomic E-state index is 9.22. The highest BCUT2D eigenvalue weighted by molar-refractivity contribution is 5.25. The van der Waals surface area contributed by atoms with Crippen molar-refractivity contribution in [1.82, 2.24) is 10.2 Å². The van der Waals surface area contributed by atoms with Crippen LogP contribution in [0.1, 0.15) is 36.9 Å². The number of likely N-dealkylation sites (tertiary alicyclic amines) is 1. The summed E-state index contributed by atoms with van der Waals surface area (Å²) in [7, 11) is 1.76. The van der Waals surface area contributed by atoms with Crippen molar-refractivity contribution < 1.29 is 9.84 Å². The first-order valence-corrected chi connectivity index (χ1v) is 7.90. The topological polar surface area (TPSA) is 44.7 Å². The molecule has 0 amide bonds. The van der Waals surface area contributed by atoms with Gasteiger partial charge in [0.05, 0.1) is 13.2 Å². The van der Waals surface area contributed by atoms with Gasteiger partial charge in [0, 0.05) is 32.3 Å². The van der Waals surface area contributed by atoms with Gasteiger partial charge in [-0.05, 0) is 37.4 Å². The van der Waals surface area contributed by atoms with Gasteiger partial charge in [-0.2, -0.15) is 0 Å². The molecule has 0 spiro atoms. The number of hydrogen-bond acceptors (Lipinski definition) is 4. The van der Waals surface area contributed by atoms with Gasteiger partial charge >= 0.3 is 0 Å². The number of nitrogens with zero attached hydrogens (tertiary/aromatic N) is 1. The fourth-order valence-corrected chi connectivity index (χ4v) is 3.02. The molecule has 0 aliphatic carbocycles. The number of hydrogen-bond donors (Lipinski definition) is 2. The van der Waals surface area contributed by atoms with E-state index in [0.717, 1.165) is 25.3 Å². The van der Waals surface area contributed by atoms with E-state index in [1.807, 2.05) is 12.1 Å². The monoisotopic (exact) mass is 292 g/mol. The van der Waals surface area contributed by atoms with E-state index in [9.17, 15) is 5.11 Å². The molecule has 2 N–H and O–H groups in total. The maximum Gasteiger partial charge on any atom is 0.0681 e. The molecule has 4 heteroatoms. The Balaban J connectivity index is 1.83. The molecule has 0 saturated carbocycles. The van der Waals surface area contributed by atoms with Crippen LogP contribution in [0, 0.1) is 0 Å². The van der Waals surface area contributed by atoms with Crippen molar-refractivity contribution in [3.8, 4) is 0 Å². The van der Waals surface area contributed by atoms with Crippen molar-refractivity contribution in [3.63, 3.8) is 0 Å². The second kappa shape index (κ2) is 8.49. The fraction of sp³-hybridized carbons (Fsp3) is 0.647. The zero-order valence-electron chi connectivity index (χ0n) is 13.2. The van der Waals surface area contributed by atoms with Crippen LogP contribution in [0.5, 0.6) is 0 Å². The number of aliphatic hydroxyl groups excluding tert-OH is 1. The predicted octanol–water partition coefficient (Wildman–Crippen LogP) is 1.94. The molecule has 4 nitrogen and oxygen atoms in total. The summed E-state index contributed by atoms with van der Waals surface area (Å²) >= 11 is 0. The largest absolute Gasteiger partial charge is 0.392 e. The minimum absolute atomic E-state index is 0.105. The Morgan fingerprint density at radius 3 is 3.10 bits per heavy atom. The summed E-state index contributed by atoms with van der Waals surface area (Å²) in [6.45, 7) is 6.32. The van der Waals surface area contributed by atoms with E-state index in [4.69, 9.17) is 4.74 Å². The maximum atomic E-state index is 9.22. The third-order valence-corrected chi connectivity index (χ3v) is 4.37. The number of aliphatic hydroxyl groups is 1. The molecule has 118 valence electrons. The van der Waals surface area contributed by atoms with Gasteiger partial charge in [-0.3, -0.25) is 4.90 Å². The molecule has 2 rings (SSSR count). The van der Waals surface area contributed by atoms with E-state index in [1.165, 1.54) is 24.9 Å². The van der Waals surface area contributed by atoms with Crippen LogP contribution in [0.3, 0.4) is 0 Å². The van der Waals surface area contributed by atoms with Crippen LogP contribution in [0.2, 0.25) is 0 Å². The highest BCUT2D eigenvalue weighted by Gasteiger charge is 2.24. The van der Waals surface area contributed by atoms with Crippen molar-refractivity contribution in [2.45, 2.75) is 38.5 Å². The van der Waals surface area contributed by atoms with E-state index >= 15 is 0 Å². The van der Waals surface area contributed by atoms with Gasteiger partial charge in [-0.15, -0.1) is 0 Å². The molecule has 1 saturated heterocycles. The molecule has 21 heavy (non-hydrogen) atoms. The first kappa shape index (κ1) is 16.4. The Bertz CT molecular complexity index is 425. The second-order valence-electron chi connectivity index (χ2n) is 5.86. The SMILES string of the molecule is COCCN1CCCC1CNC(C)c1cccc(CO)c1.